The number of aryl methyl sites for hydroxylation is 2. The topological polar surface area (TPSA) is 43.4 Å². The van der Waals surface area contributed by atoms with Crippen LogP contribution in [0, 0.1) is 13.8 Å². The van der Waals surface area contributed by atoms with Crippen LogP contribution < -0.4 is 0 Å². The molecule has 2 aromatic rings. The van der Waals surface area contributed by atoms with Crippen LogP contribution >= 0.6 is 0 Å². The highest BCUT2D eigenvalue weighted by molar-refractivity contribution is 6.01. The van der Waals surface area contributed by atoms with Crippen molar-refractivity contribution in [3.8, 4) is 0 Å². The summed E-state index contributed by atoms with van der Waals surface area (Å²) in [4.78, 5) is 24.4. The van der Waals surface area contributed by atoms with Crippen molar-refractivity contribution < 1.29 is 14.3 Å². The Labute approximate surface area is 124 Å². The molecule has 0 saturated carbocycles. The molecule has 2 aromatic carbocycles. The molecule has 2 rings (SSSR count). The second kappa shape index (κ2) is 6.35. The third-order valence-corrected chi connectivity index (χ3v) is 3.32. The number of benzene rings is 2. The van der Waals surface area contributed by atoms with E-state index in [0.717, 1.165) is 11.1 Å². The van der Waals surface area contributed by atoms with Gasteiger partial charge >= 0.3 is 5.97 Å². The smallest absolute Gasteiger partial charge is 0.339 e. The third kappa shape index (κ3) is 3.57. The Morgan fingerprint density at radius 2 is 1.67 bits per heavy atom. The van der Waals surface area contributed by atoms with Gasteiger partial charge in [0, 0.05) is 5.56 Å². The maximum atomic E-state index is 12.2. The fraction of sp³-hybridized carbons (Fsp3) is 0.222. The van der Waals surface area contributed by atoms with E-state index in [1.54, 1.807) is 37.3 Å². The second-order valence-electron chi connectivity index (χ2n) is 5.10. The molecule has 1 unspecified atom stereocenters. The highest BCUT2D eigenvalue weighted by Gasteiger charge is 2.21. The number of carbonyl (C=O) groups is 2. The molecule has 0 aromatic heterocycles. The molecule has 0 aliphatic heterocycles. The third-order valence-electron chi connectivity index (χ3n) is 3.32. The van der Waals surface area contributed by atoms with E-state index in [0.29, 0.717) is 11.1 Å². The standard InChI is InChI=1S/C18H18O3/c1-12-9-10-13(2)16(11-12)18(20)21-14(3)17(19)15-7-5-4-6-8-15/h4-11,14H,1-3H3. The first-order valence-electron chi connectivity index (χ1n) is 6.86. The molecule has 0 bridgehead atoms. The van der Waals surface area contributed by atoms with Crippen LogP contribution in [0.3, 0.4) is 0 Å². The summed E-state index contributed by atoms with van der Waals surface area (Å²) in [5, 5.41) is 0. The van der Waals surface area contributed by atoms with Gasteiger partial charge in [-0.3, -0.25) is 4.79 Å². The summed E-state index contributed by atoms with van der Waals surface area (Å²) in [6.45, 7) is 5.35. The number of hydrogen-bond donors (Lipinski definition) is 0. The molecule has 108 valence electrons. The maximum absolute atomic E-state index is 12.2. The number of esters is 1. The Balaban J connectivity index is 2.12. The summed E-state index contributed by atoms with van der Waals surface area (Å²) < 4.78 is 5.30. The summed E-state index contributed by atoms with van der Waals surface area (Å²) in [5.74, 6) is -0.665. The average molecular weight is 282 g/mol. The Kier molecular flexibility index (Phi) is 4.53. The van der Waals surface area contributed by atoms with Crippen LogP contribution in [0.2, 0.25) is 0 Å². The van der Waals surface area contributed by atoms with E-state index in [-0.39, 0.29) is 5.78 Å². The fourth-order valence-electron chi connectivity index (χ4n) is 2.07. The minimum Gasteiger partial charge on any atom is -0.451 e. The van der Waals surface area contributed by atoms with Gasteiger partial charge in [-0.2, -0.15) is 0 Å². The number of hydrogen-bond acceptors (Lipinski definition) is 3. The number of ketones is 1. The zero-order valence-electron chi connectivity index (χ0n) is 12.4. The number of carbonyl (C=O) groups excluding carboxylic acids is 2. The first kappa shape index (κ1) is 15.0. The second-order valence-corrected chi connectivity index (χ2v) is 5.10. The summed E-state index contributed by atoms with van der Waals surface area (Å²) in [5.41, 5.74) is 2.86. The lowest BCUT2D eigenvalue weighted by Crippen LogP contribution is -2.24. The molecule has 0 spiro atoms. The lowest BCUT2D eigenvalue weighted by molar-refractivity contribution is 0.0318. The van der Waals surface area contributed by atoms with Crippen LogP contribution in [0.25, 0.3) is 0 Å². The number of ether oxygens (including phenoxy) is 1. The monoisotopic (exact) mass is 282 g/mol. The molecule has 21 heavy (non-hydrogen) atoms. The van der Waals surface area contributed by atoms with E-state index in [1.165, 1.54) is 0 Å². The van der Waals surface area contributed by atoms with Crippen molar-refractivity contribution in [2.45, 2.75) is 26.9 Å². The van der Waals surface area contributed by atoms with Crippen molar-refractivity contribution in [2.24, 2.45) is 0 Å². The molecule has 0 radical (unpaired) electrons. The van der Waals surface area contributed by atoms with Crippen LogP contribution in [-0.2, 0) is 4.74 Å². The van der Waals surface area contributed by atoms with Gasteiger partial charge in [-0.1, -0.05) is 48.0 Å². The van der Waals surface area contributed by atoms with Crippen molar-refractivity contribution in [1.82, 2.24) is 0 Å². The van der Waals surface area contributed by atoms with Crippen molar-refractivity contribution in [3.05, 3.63) is 70.8 Å². The molecule has 3 nitrogen and oxygen atoms in total. The summed E-state index contributed by atoms with van der Waals surface area (Å²) in [6.07, 6.45) is -0.806. The normalized spacial score (nSPS) is 11.8. The SMILES string of the molecule is Cc1ccc(C)c(C(=O)OC(C)C(=O)c2ccccc2)c1. The molecule has 0 aliphatic rings. The van der Waals surface area contributed by atoms with Crippen LogP contribution in [0.15, 0.2) is 48.5 Å². The predicted molar refractivity (Wildman–Crippen MR) is 81.6 cm³/mol. The quantitative estimate of drug-likeness (QED) is 0.634. The van der Waals surface area contributed by atoms with E-state index >= 15 is 0 Å². The van der Waals surface area contributed by atoms with Gasteiger partial charge in [0.25, 0.3) is 0 Å². The van der Waals surface area contributed by atoms with E-state index in [9.17, 15) is 9.59 Å². The minimum absolute atomic E-state index is 0.200. The molecule has 0 amide bonds. The van der Waals surface area contributed by atoms with Crippen LogP contribution in [0.4, 0.5) is 0 Å². The molecular formula is C18H18O3. The highest BCUT2D eigenvalue weighted by atomic mass is 16.5. The van der Waals surface area contributed by atoms with Crippen molar-refractivity contribution >= 4 is 11.8 Å². The van der Waals surface area contributed by atoms with Crippen molar-refractivity contribution in [3.63, 3.8) is 0 Å². The van der Waals surface area contributed by atoms with E-state index < -0.39 is 12.1 Å². The first-order valence-corrected chi connectivity index (χ1v) is 6.86. The van der Waals surface area contributed by atoms with Crippen LogP contribution in [0.1, 0.15) is 38.8 Å². The van der Waals surface area contributed by atoms with E-state index in [1.807, 2.05) is 32.0 Å². The minimum atomic E-state index is -0.806. The molecule has 0 N–H and O–H groups in total. The van der Waals surface area contributed by atoms with Gasteiger partial charge in [0.05, 0.1) is 5.56 Å². The number of Topliss-reactive ketones (excluding diaryl/α,β-unsaturated/α-hetero) is 1. The molecular weight excluding hydrogens is 264 g/mol. The molecule has 0 saturated heterocycles. The van der Waals surface area contributed by atoms with E-state index in [4.69, 9.17) is 4.74 Å². The first-order chi connectivity index (χ1) is 9.99. The predicted octanol–water partition coefficient (Wildman–Crippen LogP) is 3.73. The maximum Gasteiger partial charge on any atom is 0.339 e. The van der Waals surface area contributed by atoms with E-state index in [2.05, 4.69) is 0 Å². The average Bonchev–Trinajstić information content (AvgIpc) is 2.49. The molecule has 0 aliphatic carbocycles. The summed E-state index contributed by atoms with van der Waals surface area (Å²) in [6, 6.07) is 14.4. The largest absolute Gasteiger partial charge is 0.451 e. The van der Waals surface area contributed by atoms with Gasteiger partial charge in [0.15, 0.2) is 6.10 Å². The molecule has 0 fully saturated rings. The van der Waals surface area contributed by atoms with Gasteiger partial charge in [0.1, 0.15) is 0 Å². The van der Waals surface area contributed by atoms with Gasteiger partial charge in [0.2, 0.25) is 5.78 Å². The Hall–Kier alpha value is -2.42. The number of rotatable bonds is 4. The van der Waals surface area contributed by atoms with Crippen molar-refractivity contribution in [1.29, 1.82) is 0 Å². The Morgan fingerprint density at radius 1 is 1.00 bits per heavy atom. The van der Waals surface area contributed by atoms with Gasteiger partial charge in [-0.15, -0.1) is 0 Å². The molecule has 3 heteroatoms. The fourth-order valence-corrected chi connectivity index (χ4v) is 2.07. The molecule has 0 heterocycles. The van der Waals surface area contributed by atoms with Crippen molar-refractivity contribution in [2.75, 3.05) is 0 Å². The van der Waals surface area contributed by atoms with Gasteiger partial charge < -0.3 is 4.74 Å². The molecule has 1 atom stereocenters. The Bertz CT molecular complexity index is 659. The lowest BCUT2D eigenvalue weighted by Gasteiger charge is -2.13. The highest BCUT2D eigenvalue weighted by Crippen LogP contribution is 2.14. The zero-order valence-corrected chi connectivity index (χ0v) is 12.4. The van der Waals surface area contributed by atoms with Crippen LogP contribution in [0.5, 0.6) is 0 Å². The van der Waals surface area contributed by atoms with Gasteiger partial charge in [-0.25, -0.2) is 4.79 Å². The van der Waals surface area contributed by atoms with Gasteiger partial charge in [-0.05, 0) is 32.4 Å². The zero-order chi connectivity index (χ0) is 15.4. The Morgan fingerprint density at radius 3 is 2.33 bits per heavy atom. The summed E-state index contributed by atoms with van der Waals surface area (Å²) >= 11 is 0. The lowest BCUT2D eigenvalue weighted by atomic mass is 10.1. The van der Waals surface area contributed by atoms with Crippen LogP contribution in [-0.4, -0.2) is 17.9 Å². The summed E-state index contributed by atoms with van der Waals surface area (Å²) in [7, 11) is 0.